The number of nitrogens with zero attached hydrogens (tertiary/aromatic N) is 1. The van der Waals surface area contributed by atoms with Gasteiger partial charge in [-0.05, 0) is 56.9 Å². The normalized spacial score (nSPS) is 17.7. The number of benzene rings is 1. The molecule has 0 aliphatic carbocycles. The summed E-state index contributed by atoms with van der Waals surface area (Å²) in [6.45, 7) is 4.47. The van der Waals surface area contributed by atoms with Gasteiger partial charge in [0, 0.05) is 0 Å². The first kappa shape index (κ1) is 14.5. The number of rotatable bonds is 4. The molecule has 96 valence electrons. The quantitative estimate of drug-likeness (QED) is 0.895. The Morgan fingerprint density at radius 1 is 1.12 bits per heavy atom. The molecular formula is C14H23ClN2. The highest BCUT2D eigenvalue weighted by Gasteiger charge is 2.19. The third kappa shape index (κ3) is 4.30. The van der Waals surface area contributed by atoms with Crippen LogP contribution in [0.1, 0.15) is 30.7 Å². The molecule has 1 heterocycles. The van der Waals surface area contributed by atoms with Crippen LogP contribution in [0.25, 0.3) is 0 Å². The van der Waals surface area contributed by atoms with Gasteiger partial charge in [-0.15, -0.1) is 12.4 Å². The van der Waals surface area contributed by atoms with E-state index in [0.717, 1.165) is 18.9 Å². The van der Waals surface area contributed by atoms with Crippen molar-refractivity contribution in [2.24, 2.45) is 5.73 Å². The van der Waals surface area contributed by atoms with Crippen LogP contribution in [-0.4, -0.2) is 31.1 Å². The highest BCUT2D eigenvalue weighted by molar-refractivity contribution is 5.85. The summed E-state index contributed by atoms with van der Waals surface area (Å²) in [6.07, 6.45) is 3.74. The number of hydrogen-bond donors (Lipinski definition) is 1. The van der Waals surface area contributed by atoms with Crippen molar-refractivity contribution >= 4 is 12.4 Å². The molecule has 0 saturated carbocycles. The van der Waals surface area contributed by atoms with Crippen molar-refractivity contribution < 1.29 is 0 Å². The molecule has 2 nitrogen and oxygen atoms in total. The maximum Gasteiger partial charge on any atom is -0.000671 e. The predicted octanol–water partition coefficient (Wildman–Crippen LogP) is 2.64. The average molecular weight is 255 g/mol. The first-order valence-corrected chi connectivity index (χ1v) is 6.37. The van der Waals surface area contributed by atoms with E-state index in [4.69, 9.17) is 5.73 Å². The van der Waals surface area contributed by atoms with E-state index in [1.54, 1.807) is 0 Å². The van der Waals surface area contributed by atoms with Gasteiger partial charge in [0.15, 0.2) is 0 Å². The summed E-state index contributed by atoms with van der Waals surface area (Å²) >= 11 is 0. The van der Waals surface area contributed by atoms with Gasteiger partial charge >= 0.3 is 0 Å². The molecule has 0 spiro atoms. The Balaban J connectivity index is 0.00000144. The molecule has 1 saturated heterocycles. The van der Waals surface area contributed by atoms with Gasteiger partial charge in [-0.3, -0.25) is 0 Å². The molecule has 2 N–H and O–H groups in total. The lowest BCUT2D eigenvalue weighted by molar-refractivity contribution is 0.211. The average Bonchev–Trinajstić information content (AvgIpc) is 2.38. The van der Waals surface area contributed by atoms with E-state index in [9.17, 15) is 0 Å². The fourth-order valence-electron chi connectivity index (χ4n) is 2.53. The summed E-state index contributed by atoms with van der Waals surface area (Å²) in [5.74, 6) is 0.773. The lowest BCUT2D eigenvalue weighted by atomic mass is 9.89. The second-order valence-electron chi connectivity index (χ2n) is 4.67. The van der Waals surface area contributed by atoms with Crippen molar-refractivity contribution in [1.29, 1.82) is 0 Å². The van der Waals surface area contributed by atoms with Crippen molar-refractivity contribution in [3.05, 3.63) is 35.9 Å². The minimum atomic E-state index is 0. The van der Waals surface area contributed by atoms with E-state index in [1.165, 1.54) is 38.0 Å². The molecule has 0 radical (unpaired) electrons. The van der Waals surface area contributed by atoms with Gasteiger partial charge in [0.1, 0.15) is 0 Å². The van der Waals surface area contributed by atoms with Crippen molar-refractivity contribution in [2.45, 2.75) is 25.2 Å². The molecule has 0 unspecified atom stereocenters. The first-order valence-electron chi connectivity index (χ1n) is 6.37. The maximum atomic E-state index is 5.54. The van der Waals surface area contributed by atoms with E-state index >= 15 is 0 Å². The fraction of sp³-hybridized carbons (Fsp3) is 0.571. The van der Waals surface area contributed by atoms with Crippen LogP contribution in [0.15, 0.2) is 30.3 Å². The SMILES string of the molecule is Cl.NCCCN1CCC(c2ccccc2)CC1. The fourth-order valence-corrected chi connectivity index (χ4v) is 2.53. The zero-order valence-electron chi connectivity index (χ0n) is 10.3. The number of likely N-dealkylation sites (tertiary alicyclic amines) is 1. The van der Waals surface area contributed by atoms with Crippen LogP contribution in [0.3, 0.4) is 0 Å². The summed E-state index contributed by atoms with van der Waals surface area (Å²) in [4.78, 5) is 2.55. The lowest BCUT2D eigenvalue weighted by Gasteiger charge is -2.32. The Hall–Kier alpha value is -0.570. The Morgan fingerprint density at radius 2 is 1.76 bits per heavy atom. The van der Waals surface area contributed by atoms with Crippen LogP contribution in [-0.2, 0) is 0 Å². The Bertz CT molecular complexity index is 294. The van der Waals surface area contributed by atoms with Gasteiger partial charge in [-0.1, -0.05) is 30.3 Å². The Labute approximate surface area is 111 Å². The highest BCUT2D eigenvalue weighted by Crippen LogP contribution is 2.27. The lowest BCUT2D eigenvalue weighted by Crippen LogP contribution is -2.34. The Kier molecular flexibility index (Phi) is 6.56. The van der Waals surface area contributed by atoms with Gasteiger partial charge in [0.05, 0.1) is 0 Å². The molecule has 0 bridgehead atoms. The van der Waals surface area contributed by atoms with E-state index in [-0.39, 0.29) is 12.4 Å². The van der Waals surface area contributed by atoms with Crippen LogP contribution in [0.2, 0.25) is 0 Å². The summed E-state index contributed by atoms with van der Waals surface area (Å²) in [5.41, 5.74) is 7.05. The minimum absolute atomic E-state index is 0. The number of piperidine rings is 1. The second-order valence-corrected chi connectivity index (χ2v) is 4.67. The molecule has 0 amide bonds. The van der Waals surface area contributed by atoms with Crippen molar-refractivity contribution in [3.63, 3.8) is 0 Å². The minimum Gasteiger partial charge on any atom is -0.330 e. The molecule has 0 atom stereocenters. The van der Waals surface area contributed by atoms with Crippen LogP contribution < -0.4 is 5.73 Å². The van der Waals surface area contributed by atoms with Gasteiger partial charge in [0.2, 0.25) is 0 Å². The smallest absolute Gasteiger partial charge is 0.000671 e. The topological polar surface area (TPSA) is 29.3 Å². The summed E-state index contributed by atoms with van der Waals surface area (Å²) in [6, 6.07) is 10.9. The molecular weight excluding hydrogens is 232 g/mol. The Morgan fingerprint density at radius 3 is 2.35 bits per heavy atom. The molecule has 1 aromatic rings. The molecule has 1 fully saturated rings. The monoisotopic (exact) mass is 254 g/mol. The summed E-state index contributed by atoms with van der Waals surface area (Å²) in [5, 5.41) is 0. The maximum absolute atomic E-state index is 5.54. The van der Waals surface area contributed by atoms with Crippen molar-refractivity contribution in [2.75, 3.05) is 26.2 Å². The largest absolute Gasteiger partial charge is 0.330 e. The van der Waals surface area contributed by atoms with Crippen LogP contribution in [0.4, 0.5) is 0 Å². The van der Waals surface area contributed by atoms with Gasteiger partial charge in [-0.2, -0.15) is 0 Å². The first-order chi connectivity index (χ1) is 7.90. The molecule has 17 heavy (non-hydrogen) atoms. The van der Waals surface area contributed by atoms with E-state index < -0.39 is 0 Å². The van der Waals surface area contributed by atoms with Gasteiger partial charge < -0.3 is 10.6 Å². The summed E-state index contributed by atoms with van der Waals surface area (Å²) in [7, 11) is 0. The van der Waals surface area contributed by atoms with Crippen LogP contribution >= 0.6 is 12.4 Å². The van der Waals surface area contributed by atoms with Crippen molar-refractivity contribution in [1.82, 2.24) is 4.90 Å². The number of halogens is 1. The second kappa shape index (κ2) is 7.70. The molecule has 1 aliphatic heterocycles. The van der Waals surface area contributed by atoms with Gasteiger partial charge in [-0.25, -0.2) is 0 Å². The standard InChI is InChI=1S/C14H22N2.ClH/c15-9-4-10-16-11-7-14(8-12-16)13-5-2-1-3-6-13;/h1-3,5-6,14H,4,7-12,15H2;1H. The molecule has 1 aliphatic rings. The zero-order chi connectivity index (χ0) is 11.2. The van der Waals surface area contributed by atoms with Crippen LogP contribution in [0, 0.1) is 0 Å². The van der Waals surface area contributed by atoms with Gasteiger partial charge in [0.25, 0.3) is 0 Å². The van der Waals surface area contributed by atoms with Crippen molar-refractivity contribution in [3.8, 4) is 0 Å². The predicted molar refractivity (Wildman–Crippen MR) is 75.8 cm³/mol. The van der Waals surface area contributed by atoms with Crippen LogP contribution in [0.5, 0.6) is 0 Å². The highest BCUT2D eigenvalue weighted by atomic mass is 35.5. The molecule has 3 heteroatoms. The van der Waals surface area contributed by atoms with E-state index in [1.807, 2.05) is 0 Å². The van der Waals surface area contributed by atoms with E-state index in [0.29, 0.717) is 0 Å². The molecule has 2 rings (SSSR count). The number of hydrogen-bond acceptors (Lipinski definition) is 2. The third-order valence-electron chi connectivity index (χ3n) is 3.54. The molecule has 1 aromatic carbocycles. The third-order valence-corrected chi connectivity index (χ3v) is 3.54. The zero-order valence-corrected chi connectivity index (χ0v) is 11.2. The summed E-state index contributed by atoms with van der Waals surface area (Å²) < 4.78 is 0. The van der Waals surface area contributed by atoms with E-state index in [2.05, 4.69) is 35.2 Å². The number of nitrogens with two attached hydrogens (primary N) is 1. The molecule has 0 aromatic heterocycles.